The monoisotopic (exact) mass is 669 g/mol. The summed E-state index contributed by atoms with van der Waals surface area (Å²) in [5, 5.41) is 1.19. The van der Waals surface area contributed by atoms with Gasteiger partial charge in [-0.05, 0) is 6.42 Å². The fourth-order valence-electron chi connectivity index (χ4n) is 6.89. The summed E-state index contributed by atoms with van der Waals surface area (Å²) in [6, 6.07) is 0. The third-order valence-corrected chi connectivity index (χ3v) is 10.5. The van der Waals surface area contributed by atoms with Crippen LogP contribution in [-0.2, 0) is 0 Å². The van der Waals surface area contributed by atoms with E-state index in [2.05, 4.69) is 22.9 Å². The SMILES string of the molecule is CCCCCCCCCCCCCCCCCCCCCCCCCCCCCCCCCCCCCCCCCCBr. The average molecular weight is 670 g/mol. The quantitative estimate of drug-likeness (QED) is 0.0450. The molecule has 0 aliphatic rings. The minimum Gasteiger partial charge on any atom is -0.0928 e. The van der Waals surface area contributed by atoms with Crippen LogP contribution in [0.25, 0.3) is 0 Å². The van der Waals surface area contributed by atoms with Crippen molar-refractivity contribution in [3.8, 4) is 0 Å². The van der Waals surface area contributed by atoms with E-state index < -0.39 is 0 Å². The van der Waals surface area contributed by atoms with E-state index in [1.807, 2.05) is 0 Å². The topological polar surface area (TPSA) is 0 Å². The van der Waals surface area contributed by atoms with Gasteiger partial charge in [0.1, 0.15) is 0 Å². The van der Waals surface area contributed by atoms with Gasteiger partial charge in [-0.25, -0.2) is 0 Å². The molecule has 0 saturated heterocycles. The molecule has 0 amide bonds. The van der Waals surface area contributed by atoms with E-state index in [4.69, 9.17) is 0 Å². The zero-order valence-corrected chi connectivity index (χ0v) is 32.0. The second-order valence-electron chi connectivity index (χ2n) is 14.5. The Kier molecular flexibility index (Phi) is 43.0. The lowest BCUT2D eigenvalue weighted by molar-refractivity contribution is 0.509. The molecule has 0 saturated carbocycles. The zero-order valence-electron chi connectivity index (χ0n) is 30.4. The van der Waals surface area contributed by atoms with Crippen LogP contribution in [-0.4, -0.2) is 5.33 Å². The summed E-state index contributed by atoms with van der Waals surface area (Å²) in [4.78, 5) is 0. The fraction of sp³-hybridized carbons (Fsp3) is 1.00. The fourth-order valence-corrected chi connectivity index (χ4v) is 7.28. The average Bonchev–Trinajstić information content (AvgIpc) is 3.02. The maximum Gasteiger partial charge on any atom is 0.00313 e. The lowest BCUT2D eigenvalue weighted by atomic mass is 10.0. The van der Waals surface area contributed by atoms with Gasteiger partial charge in [-0.2, -0.15) is 0 Å². The number of hydrogen-bond acceptors (Lipinski definition) is 0. The number of alkyl halides is 1. The smallest absolute Gasteiger partial charge is 0.00313 e. The molecule has 0 nitrogen and oxygen atoms in total. The molecule has 0 aromatic heterocycles. The standard InChI is InChI=1S/C42H85Br/c1-2-3-4-5-6-7-8-9-10-11-12-13-14-15-16-17-18-19-20-21-22-23-24-25-26-27-28-29-30-31-32-33-34-35-36-37-38-39-40-41-42-43/h2-42H2,1H3. The Balaban J connectivity index is 3.02. The summed E-state index contributed by atoms with van der Waals surface area (Å²) in [5.41, 5.74) is 0. The number of rotatable bonds is 40. The van der Waals surface area contributed by atoms with Crippen LogP contribution in [0.4, 0.5) is 0 Å². The Bertz CT molecular complexity index is 406. The highest BCUT2D eigenvalue weighted by atomic mass is 79.9. The Morgan fingerprint density at radius 1 is 0.186 bits per heavy atom. The molecule has 0 aromatic carbocycles. The highest BCUT2D eigenvalue weighted by molar-refractivity contribution is 9.09. The molecule has 0 aliphatic carbocycles. The van der Waals surface area contributed by atoms with Crippen molar-refractivity contribution >= 4 is 15.9 Å². The molecule has 0 aromatic rings. The third kappa shape index (κ3) is 42.5. The molecule has 0 aliphatic heterocycles. The van der Waals surface area contributed by atoms with Crippen LogP contribution in [0.1, 0.15) is 264 Å². The van der Waals surface area contributed by atoms with E-state index in [9.17, 15) is 0 Å². The molecule has 0 spiro atoms. The Hall–Kier alpha value is 0.480. The van der Waals surface area contributed by atoms with Crippen molar-refractivity contribution in [3.05, 3.63) is 0 Å². The van der Waals surface area contributed by atoms with Crippen LogP contribution < -0.4 is 0 Å². The van der Waals surface area contributed by atoms with Crippen LogP contribution in [0.15, 0.2) is 0 Å². The van der Waals surface area contributed by atoms with Crippen LogP contribution in [0.2, 0.25) is 0 Å². The van der Waals surface area contributed by atoms with Gasteiger partial charge in [-0.15, -0.1) is 0 Å². The van der Waals surface area contributed by atoms with E-state index in [0.29, 0.717) is 0 Å². The Labute approximate surface area is 284 Å². The van der Waals surface area contributed by atoms with Gasteiger partial charge in [-0.3, -0.25) is 0 Å². The summed E-state index contributed by atoms with van der Waals surface area (Å²) >= 11 is 3.53. The van der Waals surface area contributed by atoms with Crippen molar-refractivity contribution in [3.63, 3.8) is 0 Å². The first-order valence-corrected chi connectivity index (χ1v) is 22.1. The van der Waals surface area contributed by atoms with Crippen molar-refractivity contribution in [1.29, 1.82) is 0 Å². The van der Waals surface area contributed by atoms with E-state index >= 15 is 0 Å². The van der Waals surface area contributed by atoms with Gasteiger partial charge < -0.3 is 0 Å². The number of unbranched alkanes of at least 4 members (excludes halogenated alkanes) is 39. The molecular formula is C42H85Br. The van der Waals surface area contributed by atoms with E-state index in [1.165, 1.54) is 262 Å². The van der Waals surface area contributed by atoms with Crippen LogP contribution in [0.5, 0.6) is 0 Å². The van der Waals surface area contributed by atoms with Gasteiger partial charge in [0.2, 0.25) is 0 Å². The second-order valence-corrected chi connectivity index (χ2v) is 15.3. The van der Waals surface area contributed by atoms with Crippen LogP contribution in [0, 0.1) is 0 Å². The van der Waals surface area contributed by atoms with Gasteiger partial charge in [0.25, 0.3) is 0 Å². The summed E-state index contributed by atoms with van der Waals surface area (Å²) < 4.78 is 0. The van der Waals surface area contributed by atoms with Crippen molar-refractivity contribution < 1.29 is 0 Å². The van der Waals surface area contributed by atoms with Crippen molar-refractivity contribution in [1.82, 2.24) is 0 Å². The van der Waals surface area contributed by atoms with Gasteiger partial charge in [-0.1, -0.05) is 273 Å². The molecule has 0 bridgehead atoms. The lowest BCUT2D eigenvalue weighted by Crippen LogP contribution is -1.85. The Morgan fingerprint density at radius 3 is 0.419 bits per heavy atom. The third-order valence-electron chi connectivity index (χ3n) is 9.99. The lowest BCUT2D eigenvalue weighted by Gasteiger charge is -2.05. The van der Waals surface area contributed by atoms with E-state index in [0.717, 1.165) is 0 Å². The highest BCUT2D eigenvalue weighted by Crippen LogP contribution is 2.17. The van der Waals surface area contributed by atoms with Crippen molar-refractivity contribution in [2.75, 3.05) is 5.33 Å². The molecule has 0 atom stereocenters. The molecule has 0 heterocycles. The first kappa shape index (κ1) is 43.5. The molecule has 0 rings (SSSR count). The normalized spacial score (nSPS) is 11.6. The van der Waals surface area contributed by atoms with E-state index in [1.54, 1.807) is 0 Å². The largest absolute Gasteiger partial charge is 0.0928 e. The van der Waals surface area contributed by atoms with Crippen LogP contribution >= 0.6 is 15.9 Å². The maximum absolute atomic E-state index is 3.53. The summed E-state index contributed by atoms with van der Waals surface area (Å²) in [6.45, 7) is 2.31. The first-order chi connectivity index (χ1) is 21.4. The molecule has 0 N–H and O–H groups in total. The van der Waals surface area contributed by atoms with Crippen molar-refractivity contribution in [2.24, 2.45) is 0 Å². The second kappa shape index (κ2) is 42.5. The first-order valence-electron chi connectivity index (χ1n) is 21.0. The number of hydrogen-bond donors (Lipinski definition) is 0. The Morgan fingerprint density at radius 2 is 0.302 bits per heavy atom. The van der Waals surface area contributed by atoms with Gasteiger partial charge >= 0.3 is 0 Å². The molecule has 1 heteroatoms. The predicted molar refractivity (Wildman–Crippen MR) is 204 cm³/mol. The maximum atomic E-state index is 3.53. The highest BCUT2D eigenvalue weighted by Gasteiger charge is 1.98. The van der Waals surface area contributed by atoms with Gasteiger partial charge in [0, 0.05) is 5.33 Å². The molecule has 43 heavy (non-hydrogen) atoms. The van der Waals surface area contributed by atoms with Gasteiger partial charge in [0.15, 0.2) is 0 Å². The predicted octanol–water partition coefficient (Wildman–Crippen LogP) is 17.0. The molecule has 260 valence electrons. The molecule has 0 unspecified atom stereocenters. The molecular weight excluding hydrogens is 584 g/mol. The molecule has 0 fully saturated rings. The minimum atomic E-state index is 1.19. The van der Waals surface area contributed by atoms with Crippen LogP contribution in [0.3, 0.4) is 0 Å². The summed E-state index contributed by atoms with van der Waals surface area (Å²) in [5.74, 6) is 0. The van der Waals surface area contributed by atoms with Crippen molar-refractivity contribution in [2.45, 2.75) is 264 Å². The molecule has 0 radical (unpaired) electrons. The minimum absolute atomic E-state index is 1.19. The summed E-state index contributed by atoms with van der Waals surface area (Å²) in [6.07, 6.45) is 59.2. The zero-order chi connectivity index (χ0) is 31.0. The van der Waals surface area contributed by atoms with E-state index in [-0.39, 0.29) is 0 Å². The van der Waals surface area contributed by atoms with Gasteiger partial charge in [0.05, 0.1) is 0 Å². The summed E-state index contributed by atoms with van der Waals surface area (Å²) in [7, 11) is 0. The number of halogens is 1.